The summed E-state index contributed by atoms with van der Waals surface area (Å²) in [5.41, 5.74) is -0.624. The van der Waals surface area contributed by atoms with E-state index >= 15 is 0 Å². The number of rotatable bonds is 6. The van der Waals surface area contributed by atoms with Crippen molar-refractivity contribution in [2.45, 2.75) is 53.6 Å². The molecule has 0 aliphatic heterocycles. The van der Waals surface area contributed by atoms with Gasteiger partial charge in [0.1, 0.15) is 12.6 Å². The van der Waals surface area contributed by atoms with E-state index in [0.29, 0.717) is 6.54 Å². The molecule has 0 aromatic heterocycles. The first-order valence-electron chi connectivity index (χ1n) is 7.06. The van der Waals surface area contributed by atoms with Crippen LogP contribution in [0.5, 0.6) is 0 Å². The van der Waals surface area contributed by atoms with Crippen LogP contribution in [0.4, 0.5) is 4.79 Å². The van der Waals surface area contributed by atoms with Crippen LogP contribution in [0.15, 0.2) is 0 Å². The summed E-state index contributed by atoms with van der Waals surface area (Å²) in [5.74, 6) is -1.37. The Kier molecular flexibility index (Phi) is 7.18. The first kappa shape index (κ1) is 19.2. The van der Waals surface area contributed by atoms with Gasteiger partial charge in [-0.2, -0.15) is 0 Å². The molecule has 0 saturated heterocycles. The Morgan fingerprint density at radius 2 is 1.67 bits per heavy atom. The monoisotopic (exact) mass is 301 g/mol. The van der Waals surface area contributed by atoms with Crippen LogP contribution in [0.3, 0.4) is 0 Å². The number of likely N-dealkylation sites (N-methyl/N-ethyl adjacent to an activating group) is 1. The molecule has 7 heteroatoms. The number of carbonyl (C=O) groups is 3. The van der Waals surface area contributed by atoms with Crippen LogP contribution in [0.2, 0.25) is 0 Å². The van der Waals surface area contributed by atoms with Gasteiger partial charge in [-0.3, -0.25) is 4.79 Å². The predicted octanol–water partition coefficient (Wildman–Crippen LogP) is 1.04. The van der Waals surface area contributed by atoms with Crippen molar-refractivity contribution in [2.24, 2.45) is 5.41 Å². The van der Waals surface area contributed by atoms with Crippen molar-refractivity contribution >= 4 is 17.9 Å². The van der Waals surface area contributed by atoms with E-state index in [-0.39, 0.29) is 18.5 Å². The normalized spacial score (nSPS) is 12.7. The fraction of sp³-hybridized carbons (Fsp3) is 0.786. The molecule has 0 saturated carbocycles. The minimum Gasteiger partial charge on any atom is -0.480 e. The van der Waals surface area contributed by atoms with Gasteiger partial charge < -0.3 is 20.6 Å². The third-order valence-electron chi connectivity index (χ3n) is 2.83. The van der Waals surface area contributed by atoms with Crippen molar-refractivity contribution in [3.63, 3.8) is 0 Å². The summed E-state index contributed by atoms with van der Waals surface area (Å²) >= 11 is 0. The third-order valence-corrected chi connectivity index (χ3v) is 2.83. The summed E-state index contributed by atoms with van der Waals surface area (Å²) < 4.78 is 0. The number of aliphatic carboxylic acids is 1. The summed E-state index contributed by atoms with van der Waals surface area (Å²) in [6, 6.07) is -1.59. The molecule has 0 fully saturated rings. The Morgan fingerprint density at radius 3 is 2.00 bits per heavy atom. The molecule has 0 aliphatic rings. The van der Waals surface area contributed by atoms with Crippen molar-refractivity contribution in [1.82, 2.24) is 15.5 Å². The zero-order valence-corrected chi connectivity index (χ0v) is 13.7. The molecule has 0 unspecified atom stereocenters. The molecule has 0 bridgehead atoms. The smallest absolute Gasteiger partial charge is 0.326 e. The molecule has 0 aromatic rings. The standard InChI is InChI=1S/C14H27N3O4/c1-7-17(8-10(18)15-9(2)3)13(21)16-11(12(19)20)14(4,5)6/h9,11H,7-8H2,1-6H3,(H,15,18)(H,16,21)(H,19,20)/t11-/m0/s1. The highest BCUT2D eigenvalue weighted by Crippen LogP contribution is 2.19. The second kappa shape index (κ2) is 7.85. The second-order valence-corrected chi connectivity index (χ2v) is 6.32. The van der Waals surface area contributed by atoms with Crippen molar-refractivity contribution in [2.75, 3.05) is 13.1 Å². The van der Waals surface area contributed by atoms with Crippen LogP contribution in [0, 0.1) is 5.41 Å². The molecule has 0 radical (unpaired) electrons. The van der Waals surface area contributed by atoms with E-state index in [0.717, 1.165) is 0 Å². The van der Waals surface area contributed by atoms with Gasteiger partial charge in [-0.1, -0.05) is 20.8 Å². The largest absolute Gasteiger partial charge is 0.480 e. The van der Waals surface area contributed by atoms with Gasteiger partial charge in [0.15, 0.2) is 0 Å². The summed E-state index contributed by atoms with van der Waals surface area (Å²) in [5, 5.41) is 14.4. The lowest BCUT2D eigenvalue weighted by Crippen LogP contribution is -2.54. The van der Waals surface area contributed by atoms with Crippen LogP contribution in [0.1, 0.15) is 41.5 Å². The maximum absolute atomic E-state index is 12.1. The van der Waals surface area contributed by atoms with Crippen molar-refractivity contribution in [3.8, 4) is 0 Å². The van der Waals surface area contributed by atoms with Gasteiger partial charge >= 0.3 is 12.0 Å². The van der Waals surface area contributed by atoms with E-state index in [9.17, 15) is 19.5 Å². The molecule has 0 heterocycles. The number of hydrogen-bond donors (Lipinski definition) is 3. The number of carbonyl (C=O) groups excluding carboxylic acids is 2. The van der Waals surface area contributed by atoms with Crippen LogP contribution >= 0.6 is 0 Å². The molecule has 122 valence electrons. The lowest BCUT2D eigenvalue weighted by Gasteiger charge is -2.30. The van der Waals surface area contributed by atoms with Gasteiger partial charge in [-0.05, 0) is 26.2 Å². The molecular weight excluding hydrogens is 274 g/mol. The SMILES string of the molecule is CCN(CC(=O)NC(C)C)C(=O)N[C@@H](C(=O)O)C(C)(C)C. The Labute approximate surface area is 126 Å². The molecule has 0 rings (SSSR count). The highest BCUT2D eigenvalue weighted by Gasteiger charge is 2.33. The van der Waals surface area contributed by atoms with Crippen LogP contribution < -0.4 is 10.6 Å². The zero-order valence-electron chi connectivity index (χ0n) is 13.7. The lowest BCUT2D eigenvalue weighted by atomic mass is 9.87. The molecule has 3 N–H and O–H groups in total. The number of urea groups is 1. The van der Waals surface area contributed by atoms with E-state index in [2.05, 4.69) is 10.6 Å². The van der Waals surface area contributed by atoms with Gasteiger partial charge in [0.25, 0.3) is 0 Å². The number of carboxylic acid groups (broad SMARTS) is 1. The molecule has 0 spiro atoms. The fourth-order valence-corrected chi connectivity index (χ4v) is 1.73. The van der Waals surface area contributed by atoms with E-state index < -0.39 is 23.5 Å². The fourth-order valence-electron chi connectivity index (χ4n) is 1.73. The second-order valence-electron chi connectivity index (χ2n) is 6.32. The number of nitrogens with zero attached hydrogens (tertiary/aromatic N) is 1. The molecule has 1 atom stereocenters. The summed E-state index contributed by atoms with van der Waals surface area (Å²) in [6.45, 7) is 10.8. The predicted molar refractivity (Wildman–Crippen MR) is 79.9 cm³/mol. The van der Waals surface area contributed by atoms with Gasteiger partial charge in [0.05, 0.1) is 0 Å². The number of nitrogens with one attached hydrogen (secondary N) is 2. The van der Waals surface area contributed by atoms with Gasteiger partial charge in [0, 0.05) is 12.6 Å². The molecular formula is C14H27N3O4. The average molecular weight is 301 g/mol. The number of hydrogen-bond acceptors (Lipinski definition) is 3. The Morgan fingerprint density at radius 1 is 1.14 bits per heavy atom. The van der Waals surface area contributed by atoms with Crippen molar-refractivity contribution in [3.05, 3.63) is 0 Å². The van der Waals surface area contributed by atoms with E-state index in [1.165, 1.54) is 4.90 Å². The van der Waals surface area contributed by atoms with Crippen LogP contribution in [-0.4, -0.2) is 53.1 Å². The van der Waals surface area contributed by atoms with E-state index in [1.54, 1.807) is 27.7 Å². The third kappa shape index (κ3) is 6.97. The molecule has 0 aliphatic carbocycles. The van der Waals surface area contributed by atoms with Crippen LogP contribution in [0.25, 0.3) is 0 Å². The quantitative estimate of drug-likeness (QED) is 0.682. The molecule has 0 aromatic carbocycles. The lowest BCUT2D eigenvalue weighted by molar-refractivity contribution is -0.142. The highest BCUT2D eigenvalue weighted by molar-refractivity contribution is 5.87. The van der Waals surface area contributed by atoms with Crippen molar-refractivity contribution < 1.29 is 19.5 Å². The average Bonchev–Trinajstić information content (AvgIpc) is 2.29. The van der Waals surface area contributed by atoms with E-state index in [1.807, 2.05) is 13.8 Å². The topological polar surface area (TPSA) is 98.7 Å². The first-order valence-corrected chi connectivity index (χ1v) is 7.06. The minimum atomic E-state index is -1.10. The maximum atomic E-state index is 12.1. The Bertz CT molecular complexity index is 388. The zero-order chi connectivity index (χ0) is 16.8. The summed E-state index contributed by atoms with van der Waals surface area (Å²) in [6.07, 6.45) is 0. The minimum absolute atomic E-state index is 0.0133. The highest BCUT2D eigenvalue weighted by atomic mass is 16.4. The number of amides is 3. The summed E-state index contributed by atoms with van der Waals surface area (Å²) in [7, 11) is 0. The molecule has 3 amide bonds. The summed E-state index contributed by atoms with van der Waals surface area (Å²) in [4.78, 5) is 36.3. The number of carboxylic acids is 1. The molecule has 7 nitrogen and oxygen atoms in total. The Balaban J connectivity index is 4.79. The Hall–Kier alpha value is -1.79. The van der Waals surface area contributed by atoms with Gasteiger partial charge in [-0.25, -0.2) is 9.59 Å². The first-order chi connectivity index (χ1) is 9.48. The van der Waals surface area contributed by atoms with Gasteiger partial charge in [0.2, 0.25) is 5.91 Å². The maximum Gasteiger partial charge on any atom is 0.326 e. The van der Waals surface area contributed by atoms with Crippen molar-refractivity contribution in [1.29, 1.82) is 0 Å². The van der Waals surface area contributed by atoms with E-state index in [4.69, 9.17) is 0 Å². The van der Waals surface area contributed by atoms with Gasteiger partial charge in [-0.15, -0.1) is 0 Å². The molecule has 21 heavy (non-hydrogen) atoms. The van der Waals surface area contributed by atoms with Crippen LogP contribution in [-0.2, 0) is 9.59 Å².